The van der Waals surface area contributed by atoms with Gasteiger partial charge in [-0.3, -0.25) is 4.79 Å². The molecule has 2 fully saturated rings. The van der Waals surface area contributed by atoms with Crippen LogP contribution >= 0.6 is 0 Å². The summed E-state index contributed by atoms with van der Waals surface area (Å²) in [5.74, 6) is 1.48. The first-order chi connectivity index (χ1) is 5.66. The second kappa shape index (κ2) is 2.85. The van der Waals surface area contributed by atoms with Gasteiger partial charge in [0.2, 0.25) is 0 Å². The lowest BCUT2D eigenvalue weighted by Gasteiger charge is -2.16. The molecule has 0 aromatic rings. The van der Waals surface area contributed by atoms with Crippen LogP contribution in [0.1, 0.15) is 12.8 Å². The van der Waals surface area contributed by atoms with Crippen LogP contribution in [-0.4, -0.2) is 35.8 Å². The van der Waals surface area contributed by atoms with Gasteiger partial charge < -0.3 is 9.83 Å². The molecule has 2 atom stereocenters. The third kappa shape index (κ3) is 1.29. The average Bonchev–Trinajstić information content (AvgIpc) is 2.42. The van der Waals surface area contributed by atoms with E-state index in [1.54, 1.807) is 6.82 Å². The molecule has 0 radical (unpaired) electrons. The minimum Gasteiger partial charge on any atom is -0.437 e. The summed E-state index contributed by atoms with van der Waals surface area (Å²) in [5.41, 5.74) is 0. The van der Waals surface area contributed by atoms with Gasteiger partial charge in [-0.15, -0.1) is 0 Å². The van der Waals surface area contributed by atoms with Crippen molar-refractivity contribution in [2.24, 2.45) is 11.8 Å². The Morgan fingerprint density at radius 2 is 1.92 bits per heavy atom. The van der Waals surface area contributed by atoms with Crippen LogP contribution in [0.4, 0.5) is 0 Å². The largest absolute Gasteiger partial charge is 0.437 e. The predicted octanol–water partition coefficient (Wildman–Crippen LogP) is 0.00760. The van der Waals surface area contributed by atoms with Crippen molar-refractivity contribution in [3.63, 3.8) is 0 Å². The number of Topliss-reactive ketones (excluding diaryl/α,β-unsaturated/α-hetero) is 1. The summed E-state index contributed by atoms with van der Waals surface area (Å²) in [7, 11) is -0.342. The van der Waals surface area contributed by atoms with Crippen molar-refractivity contribution in [1.82, 2.24) is 4.81 Å². The van der Waals surface area contributed by atoms with Crippen LogP contribution < -0.4 is 0 Å². The third-order valence-corrected chi connectivity index (χ3v) is 3.11. The van der Waals surface area contributed by atoms with E-state index in [2.05, 4.69) is 4.81 Å². The van der Waals surface area contributed by atoms with Gasteiger partial charge in [0.05, 0.1) is 0 Å². The SMILES string of the molecule is CB(O)N1CC2CC(=O)CC2C1. The number of nitrogens with zero attached hydrogens (tertiary/aromatic N) is 1. The Morgan fingerprint density at radius 1 is 1.42 bits per heavy atom. The fourth-order valence-corrected chi connectivity index (χ4v) is 2.41. The molecule has 0 amide bonds. The first kappa shape index (κ1) is 8.26. The van der Waals surface area contributed by atoms with Gasteiger partial charge in [-0.05, 0) is 31.7 Å². The van der Waals surface area contributed by atoms with Crippen molar-refractivity contribution in [1.29, 1.82) is 0 Å². The van der Waals surface area contributed by atoms with E-state index < -0.39 is 0 Å². The number of hydrogen-bond donors (Lipinski definition) is 1. The molecule has 2 rings (SSSR count). The summed E-state index contributed by atoms with van der Waals surface area (Å²) < 4.78 is 0. The molecule has 0 spiro atoms. The summed E-state index contributed by atoms with van der Waals surface area (Å²) in [6.45, 7) is 3.62. The number of fused-ring (bicyclic) bond motifs is 1. The highest BCUT2D eigenvalue weighted by molar-refractivity contribution is 6.45. The smallest absolute Gasteiger partial charge is 0.376 e. The maximum Gasteiger partial charge on any atom is 0.376 e. The third-order valence-electron chi connectivity index (χ3n) is 3.11. The lowest BCUT2D eigenvalue weighted by atomic mass is 9.85. The number of ketones is 1. The summed E-state index contributed by atoms with van der Waals surface area (Å²) in [6, 6.07) is 0. The lowest BCUT2D eigenvalue weighted by molar-refractivity contribution is -0.117. The Bertz CT molecular complexity index is 191. The molecule has 12 heavy (non-hydrogen) atoms. The fraction of sp³-hybridized carbons (Fsp3) is 0.875. The quantitative estimate of drug-likeness (QED) is 0.559. The normalized spacial score (nSPS) is 35.7. The van der Waals surface area contributed by atoms with Crippen molar-refractivity contribution in [3.8, 4) is 0 Å². The molecule has 1 aliphatic heterocycles. The first-order valence-electron chi connectivity index (χ1n) is 4.60. The Morgan fingerprint density at radius 3 is 2.33 bits per heavy atom. The molecule has 3 nitrogen and oxygen atoms in total. The summed E-state index contributed by atoms with van der Waals surface area (Å²) in [4.78, 5) is 13.1. The Labute approximate surface area is 72.9 Å². The minimum absolute atomic E-state index is 0.342. The standard InChI is InChI=1S/C8H14BNO2/c1-9(12)10-4-6-2-8(11)3-7(6)5-10/h6-7,12H,2-5H2,1H3. The van der Waals surface area contributed by atoms with Gasteiger partial charge in [-0.1, -0.05) is 0 Å². The van der Waals surface area contributed by atoms with Crippen LogP contribution in [0.25, 0.3) is 0 Å². The molecule has 0 aromatic carbocycles. The number of carbonyl (C=O) groups is 1. The number of carbonyl (C=O) groups excluding carboxylic acids is 1. The van der Waals surface area contributed by atoms with Crippen LogP contribution in [0.15, 0.2) is 0 Å². The van der Waals surface area contributed by atoms with E-state index in [9.17, 15) is 9.82 Å². The second-order valence-corrected chi connectivity index (χ2v) is 4.05. The fourth-order valence-electron chi connectivity index (χ4n) is 2.41. The number of hydrogen-bond acceptors (Lipinski definition) is 3. The van der Waals surface area contributed by atoms with Crippen molar-refractivity contribution in [2.75, 3.05) is 13.1 Å². The van der Waals surface area contributed by atoms with Crippen LogP contribution in [0.2, 0.25) is 6.82 Å². The van der Waals surface area contributed by atoms with Crippen molar-refractivity contribution in [2.45, 2.75) is 19.7 Å². The molecule has 66 valence electrons. The summed E-state index contributed by atoms with van der Waals surface area (Å²) in [6.07, 6.45) is 1.49. The molecular weight excluding hydrogens is 153 g/mol. The molecule has 1 saturated heterocycles. The molecule has 2 aliphatic rings. The van der Waals surface area contributed by atoms with Gasteiger partial charge in [0.25, 0.3) is 0 Å². The van der Waals surface area contributed by atoms with E-state index in [0.29, 0.717) is 17.6 Å². The number of rotatable bonds is 1. The van der Waals surface area contributed by atoms with Crippen LogP contribution in [0, 0.1) is 11.8 Å². The highest BCUT2D eigenvalue weighted by Gasteiger charge is 2.41. The zero-order valence-electron chi connectivity index (χ0n) is 7.36. The second-order valence-electron chi connectivity index (χ2n) is 4.05. The monoisotopic (exact) mass is 167 g/mol. The molecule has 0 aromatic heterocycles. The molecule has 1 aliphatic carbocycles. The lowest BCUT2D eigenvalue weighted by Crippen LogP contribution is -2.35. The van der Waals surface area contributed by atoms with E-state index in [1.165, 1.54) is 0 Å². The van der Waals surface area contributed by atoms with E-state index >= 15 is 0 Å². The van der Waals surface area contributed by atoms with Crippen molar-refractivity contribution >= 4 is 12.8 Å². The van der Waals surface area contributed by atoms with Gasteiger partial charge in [0.15, 0.2) is 0 Å². The maximum atomic E-state index is 11.1. The molecule has 2 unspecified atom stereocenters. The average molecular weight is 167 g/mol. The molecule has 1 N–H and O–H groups in total. The molecule has 1 heterocycles. The van der Waals surface area contributed by atoms with Crippen LogP contribution in [0.3, 0.4) is 0 Å². The zero-order chi connectivity index (χ0) is 8.72. The van der Waals surface area contributed by atoms with E-state index in [-0.39, 0.29) is 7.05 Å². The summed E-state index contributed by atoms with van der Waals surface area (Å²) in [5, 5.41) is 9.31. The van der Waals surface area contributed by atoms with Crippen molar-refractivity contribution < 1.29 is 9.82 Å². The maximum absolute atomic E-state index is 11.1. The van der Waals surface area contributed by atoms with Crippen LogP contribution in [-0.2, 0) is 4.79 Å². The molecule has 1 saturated carbocycles. The van der Waals surface area contributed by atoms with Gasteiger partial charge in [-0.25, -0.2) is 0 Å². The van der Waals surface area contributed by atoms with Crippen molar-refractivity contribution in [3.05, 3.63) is 0 Å². The molecule has 4 heteroatoms. The highest BCUT2D eigenvalue weighted by Crippen LogP contribution is 2.35. The zero-order valence-corrected chi connectivity index (χ0v) is 7.36. The first-order valence-corrected chi connectivity index (χ1v) is 4.60. The van der Waals surface area contributed by atoms with Crippen LogP contribution in [0.5, 0.6) is 0 Å². The van der Waals surface area contributed by atoms with Gasteiger partial charge in [0, 0.05) is 12.8 Å². The van der Waals surface area contributed by atoms with Gasteiger partial charge >= 0.3 is 7.05 Å². The van der Waals surface area contributed by atoms with Gasteiger partial charge in [-0.2, -0.15) is 0 Å². The van der Waals surface area contributed by atoms with Gasteiger partial charge in [0.1, 0.15) is 5.78 Å². The highest BCUT2D eigenvalue weighted by atomic mass is 16.2. The molecule has 0 bridgehead atoms. The predicted molar refractivity (Wildman–Crippen MR) is 46.6 cm³/mol. The Kier molecular flexibility index (Phi) is 1.97. The van der Waals surface area contributed by atoms with E-state index in [0.717, 1.165) is 25.9 Å². The summed E-state index contributed by atoms with van der Waals surface area (Å²) >= 11 is 0. The molecular formula is C8H14BNO2. The topological polar surface area (TPSA) is 40.5 Å². The van der Waals surface area contributed by atoms with E-state index in [4.69, 9.17) is 0 Å². The Balaban J connectivity index is 1.97. The minimum atomic E-state index is -0.342. The van der Waals surface area contributed by atoms with E-state index in [1.807, 2.05) is 0 Å². The Hall–Kier alpha value is -0.345.